The number of rotatable bonds is 7. The van der Waals surface area contributed by atoms with Crippen LogP contribution in [0.1, 0.15) is 66.7 Å². The average Bonchev–Trinajstić information content (AvgIpc) is 3.51. The van der Waals surface area contributed by atoms with Crippen molar-refractivity contribution in [2.45, 2.75) is 62.2 Å². The molecule has 1 amide bonds. The zero-order chi connectivity index (χ0) is 33.6. The fraction of sp³-hybridized carbons (Fsp3) is 0.545. The summed E-state index contributed by atoms with van der Waals surface area (Å²) in [6.45, 7) is 3.88. The number of carbonyl (C=O) groups excluding carboxylic acids is 2. The highest BCUT2D eigenvalue weighted by molar-refractivity contribution is 6.25. The first-order chi connectivity index (χ1) is 22.3. The second-order valence-corrected chi connectivity index (χ2v) is 13.3. The van der Waals surface area contributed by atoms with Gasteiger partial charge in [0, 0.05) is 75.7 Å². The van der Waals surface area contributed by atoms with Crippen LogP contribution in [0.3, 0.4) is 0 Å². The lowest BCUT2D eigenvalue weighted by Gasteiger charge is -2.48. The smallest absolute Gasteiger partial charge is 0.433 e. The van der Waals surface area contributed by atoms with E-state index in [0.717, 1.165) is 27.7 Å². The Balaban J connectivity index is 1.24. The van der Waals surface area contributed by atoms with Gasteiger partial charge in [0.25, 0.3) is 0 Å². The number of piperidine rings is 1. The van der Waals surface area contributed by atoms with Crippen molar-refractivity contribution < 1.29 is 36.3 Å². The van der Waals surface area contributed by atoms with E-state index >= 15 is 0 Å². The number of amides is 1. The third kappa shape index (κ3) is 6.78. The SMILES string of the molecule is CCOC(=O)c1cnn(C2CCCN(C3=C(c4ccccc4)C=CC(Cl)(N4CCN(C(=O)C5CC(F)(F)C5)CC4)C3)C2)c1C(F)(F)F. The average molecular weight is 682 g/mol. The molecule has 3 fully saturated rings. The van der Waals surface area contributed by atoms with E-state index in [1.807, 2.05) is 42.5 Å². The van der Waals surface area contributed by atoms with Crippen LogP contribution >= 0.6 is 11.6 Å². The first kappa shape index (κ1) is 33.5. The molecule has 1 aromatic heterocycles. The lowest BCUT2D eigenvalue weighted by Crippen LogP contribution is -2.58. The summed E-state index contributed by atoms with van der Waals surface area (Å²) in [7, 11) is 0. The summed E-state index contributed by atoms with van der Waals surface area (Å²) in [6.07, 6.45) is 0.538. The van der Waals surface area contributed by atoms with E-state index in [9.17, 15) is 31.5 Å². The summed E-state index contributed by atoms with van der Waals surface area (Å²) in [5, 5.41) is 4.05. The molecule has 2 atom stereocenters. The van der Waals surface area contributed by atoms with Crippen LogP contribution in [0.15, 0.2) is 54.4 Å². The number of alkyl halides is 6. The van der Waals surface area contributed by atoms with Gasteiger partial charge in [-0.15, -0.1) is 0 Å². The van der Waals surface area contributed by atoms with E-state index < -0.39 is 59.1 Å². The minimum absolute atomic E-state index is 0.0621. The highest BCUT2D eigenvalue weighted by atomic mass is 35.5. The summed E-state index contributed by atoms with van der Waals surface area (Å²) >= 11 is 7.35. The van der Waals surface area contributed by atoms with Gasteiger partial charge < -0.3 is 14.5 Å². The Morgan fingerprint density at radius 3 is 2.40 bits per heavy atom. The zero-order valence-electron chi connectivity index (χ0n) is 26.0. The van der Waals surface area contributed by atoms with E-state index in [-0.39, 0.29) is 19.1 Å². The third-order valence-corrected chi connectivity index (χ3v) is 10.1. The number of nitrogens with zero attached hydrogens (tertiary/aromatic N) is 5. The molecule has 0 spiro atoms. The van der Waals surface area contributed by atoms with Crippen molar-refractivity contribution in [3.8, 4) is 0 Å². The number of hydrogen-bond acceptors (Lipinski definition) is 6. The topological polar surface area (TPSA) is 70.9 Å². The second kappa shape index (κ2) is 12.9. The molecule has 8 nitrogen and oxygen atoms in total. The molecule has 2 aliphatic heterocycles. The van der Waals surface area contributed by atoms with E-state index in [1.54, 1.807) is 4.90 Å². The van der Waals surface area contributed by atoms with Gasteiger partial charge in [-0.2, -0.15) is 18.3 Å². The Labute approximate surface area is 274 Å². The molecule has 2 aliphatic carbocycles. The van der Waals surface area contributed by atoms with E-state index in [0.29, 0.717) is 52.0 Å². The van der Waals surface area contributed by atoms with Gasteiger partial charge in [-0.25, -0.2) is 13.6 Å². The molecule has 1 saturated carbocycles. The molecule has 3 heterocycles. The maximum atomic E-state index is 14.3. The minimum atomic E-state index is -4.82. The Kier molecular flexibility index (Phi) is 9.16. The van der Waals surface area contributed by atoms with Crippen LogP contribution in [0.5, 0.6) is 0 Å². The van der Waals surface area contributed by atoms with Crippen LogP contribution in [0.4, 0.5) is 22.0 Å². The van der Waals surface area contributed by atoms with Crippen molar-refractivity contribution >= 4 is 29.1 Å². The number of aromatic nitrogens is 2. The molecule has 254 valence electrons. The van der Waals surface area contributed by atoms with Crippen molar-refractivity contribution in [1.29, 1.82) is 0 Å². The number of carbonyl (C=O) groups is 2. The zero-order valence-corrected chi connectivity index (χ0v) is 26.7. The van der Waals surface area contributed by atoms with Gasteiger partial charge in [-0.05, 0) is 31.4 Å². The molecule has 4 aliphatic rings. The number of benzene rings is 1. The van der Waals surface area contributed by atoms with Crippen LogP contribution in [0.25, 0.3) is 5.57 Å². The summed E-state index contributed by atoms with van der Waals surface area (Å²) in [5.74, 6) is -4.72. The monoisotopic (exact) mass is 681 g/mol. The standard InChI is InChI=1S/C33H37ClF5N5O3/c1-2-47-30(46)26-20-40-44(28(26)33(37,38)39)24-9-6-12-42(21-24)27-19-31(34,11-10-25(27)22-7-4-3-5-8-22)43-15-13-41(14-16-43)29(45)23-17-32(35,36)18-23/h3-5,7-8,10-11,20,23-24H,2,6,9,12-19,21H2,1H3. The molecule has 6 rings (SSSR count). The molecule has 2 unspecified atom stereocenters. The molecular formula is C33H37ClF5N5O3. The highest BCUT2D eigenvalue weighted by Gasteiger charge is 2.50. The molecule has 2 aromatic rings. The van der Waals surface area contributed by atoms with Crippen molar-refractivity contribution in [3.05, 3.63) is 71.2 Å². The molecule has 1 aromatic carbocycles. The number of likely N-dealkylation sites (tertiary alicyclic amines) is 1. The quantitative estimate of drug-likeness (QED) is 0.150. The Hall–Kier alpha value is -3.45. The van der Waals surface area contributed by atoms with Crippen LogP contribution in [0, 0.1) is 5.92 Å². The van der Waals surface area contributed by atoms with Crippen LogP contribution in [-0.2, 0) is 15.7 Å². The normalized spacial score (nSPS) is 25.6. The number of allylic oxidation sites excluding steroid dienone is 2. The number of esters is 1. The maximum Gasteiger partial charge on any atom is 0.433 e. The summed E-state index contributed by atoms with van der Waals surface area (Å²) in [4.78, 5) is 30.0. The number of piperazine rings is 1. The summed E-state index contributed by atoms with van der Waals surface area (Å²) in [6, 6.07) is 9.01. The van der Waals surface area contributed by atoms with Gasteiger partial charge in [0.15, 0.2) is 5.69 Å². The van der Waals surface area contributed by atoms with E-state index in [4.69, 9.17) is 16.3 Å². The largest absolute Gasteiger partial charge is 0.462 e. The van der Waals surface area contributed by atoms with Crippen LogP contribution in [-0.4, -0.2) is 93.2 Å². The minimum Gasteiger partial charge on any atom is -0.462 e. The van der Waals surface area contributed by atoms with E-state index in [1.165, 1.54) is 6.92 Å². The van der Waals surface area contributed by atoms with E-state index in [2.05, 4.69) is 14.9 Å². The molecule has 0 bridgehead atoms. The van der Waals surface area contributed by atoms with Crippen molar-refractivity contribution in [3.63, 3.8) is 0 Å². The van der Waals surface area contributed by atoms with Crippen molar-refractivity contribution in [2.24, 2.45) is 5.92 Å². The van der Waals surface area contributed by atoms with Gasteiger partial charge in [0.1, 0.15) is 10.6 Å². The number of halogens is 6. The lowest BCUT2D eigenvalue weighted by atomic mass is 9.80. The fourth-order valence-electron chi connectivity index (χ4n) is 7.15. The predicted octanol–water partition coefficient (Wildman–Crippen LogP) is 6.21. The van der Waals surface area contributed by atoms with Gasteiger partial charge in [0.2, 0.25) is 11.8 Å². The highest BCUT2D eigenvalue weighted by Crippen LogP contribution is 2.45. The molecular weight excluding hydrogens is 645 g/mol. The summed E-state index contributed by atoms with van der Waals surface area (Å²) < 4.78 is 75.6. The first-order valence-electron chi connectivity index (χ1n) is 15.9. The third-order valence-electron chi connectivity index (χ3n) is 9.56. The number of hydrogen-bond donors (Lipinski definition) is 0. The maximum absolute atomic E-state index is 14.3. The Morgan fingerprint density at radius 1 is 1.06 bits per heavy atom. The molecule has 0 N–H and O–H groups in total. The van der Waals surface area contributed by atoms with Gasteiger partial charge in [0.05, 0.1) is 18.8 Å². The fourth-order valence-corrected chi connectivity index (χ4v) is 7.51. The molecule has 47 heavy (non-hydrogen) atoms. The van der Waals surface area contributed by atoms with Gasteiger partial charge >= 0.3 is 12.1 Å². The summed E-state index contributed by atoms with van der Waals surface area (Å²) in [5.41, 5.74) is 0.996. The lowest BCUT2D eigenvalue weighted by molar-refractivity contribution is -0.161. The van der Waals surface area contributed by atoms with Crippen molar-refractivity contribution in [2.75, 3.05) is 45.9 Å². The predicted molar refractivity (Wildman–Crippen MR) is 165 cm³/mol. The Morgan fingerprint density at radius 2 is 1.77 bits per heavy atom. The second-order valence-electron chi connectivity index (χ2n) is 12.6. The molecule has 2 saturated heterocycles. The Bertz CT molecular complexity index is 1550. The van der Waals surface area contributed by atoms with Crippen LogP contribution < -0.4 is 0 Å². The number of ether oxygens (including phenoxy) is 1. The molecule has 0 radical (unpaired) electrons. The van der Waals surface area contributed by atoms with Gasteiger partial charge in [-0.1, -0.05) is 48.0 Å². The van der Waals surface area contributed by atoms with Gasteiger partial charge in [-0.3, -0.25) is 14.4 Å². The molecule has 14 heteroatoms. The van der Waals surface area contributed by atoms with Crippen molar-refractivity contribution in [1.82, 2.24) is 24.5 Å². The first-order valence-corrected chi connectivity index (χ1v) is 16.3. The van der Waals surface area contributed by atoms with Crippen LogP contribution in [0.2, 0.25) is 0 Å².